The minimum Gasteiger partial charge on any atom is -0.246 e. The number of aryl methyl sites for hydroxylation is 1. The van der Waals surface area contributed by atoms with Crippen molar-refractivity contribution in [3.8, 4) is 0 Å². The van der Waals surface area contributed by atoms with Gasteiger partial charge in [0.05, 0.1) is 10.7 Å². The van der Waals surface area contributed by atoms with E-state index >= 15 is 0 Å². The fraction of sp³-hybridized carbons (Fsp3) is 0.727. The molecular formula is C11H17NS. The largest absolute Gasteiger partial charge is 0.246 e. The van der Waals surface area contributed by atoms with E-state index < -0.39 is 0 Å². The molecule has 0 amide bonds. The van der Waals surface area contributed by atoms with E-state index in [2.05, 4.69) is 20.8 Å². The van der Waals surface area contributed by atoms with Crippen molar-refractivity contribution in [3.63, 3.8) is 0 Å². The molecule has 0 bridgehead atoms. The minimum atomic E-state index is 0.734. The van der Waals surface area contributed by atoms with Crippen molar-refractivity contribution >= 4 is 11.3 Å². The van der Waals surface area contributed by atoms with Crippen molar-refractivity contribution in [3.05, 3.63) is 15.6 Å². The van der Waals surface area contributed by atoms with Crippen molar-refractivity contribution in [1.29, 1.82) is 0 Å². The Morgan fingerprint density at radius 2 is 2.15 bits per heavy atom. The van der Waals surface area contributed by atoms with Crippen LogP contribution in [0.5, 0.6) is 0 Å². The van der Waals surface area contributed by atoms with Crippen LogP contribution in [0.2, 0.25) is 0 Å². The van der Waals surface area contributed by atoms with E-state index in [-0.39, 0.29) is 0 Å². The standard InChI is InChI=1S/C11H17NS/c1-7(2)6-10-12-11(8(3)13-10)9-4-5-9/h7,9H,4-6H2,1-3H3. The van der Waals surface area contributed by atoms with Crippen molar-refractivity contribution in [1.82, 2.24) is 4.98 Å². The fourth-order valence-electron chi connectivity index (χ4n) is 1.64. The molecule has 2 rings (SSSR count). The van der Waals surface area contributed by atoms with E-state index in [4.69, 9.17) is 4.98 Å². The van der Waals surface area contributed by atoms with Crippen LogP contribution in [0.4, 0.5) is 0 Å². The summed E-state index contributed by atoms with van der Waals surface area (Å²) in [6.45, 7) is 6.73. The Morgan fingerprint density at radius 3 is 2.69 bits per heavy atom. The normalized spacial score (nSPS) is 16.9. The van der Waals surface area contributed by atoms with Crippen molar-refractivity contribution in [2.75, 3.05) is 0 Å². The molecule has 0 unspecified atom stereocenters. The molecule has 2 heteroatoms. The third kappa shape index (κ3) is 2.11. The maximum atomic E-state index is 4.73. The summed E-state index contributed by atoms with van der Waals surface area (Å²) in [5, 5.41) is 1.34. The Labute approximate surface area is 84.2 Å². The molecule has 0 saturated heterocycles. The van der Waals surface area contributed by atoms with Crippen LogP contribution in [0, 0.1) is 12.8 Å². The first kappa shape index (κ1) is 9.20. The van der Waals surface area contributed by atoms with Crippen LogP contribution >= 0.6 is 11.3 Å². The average molecular weight is 195 g/mol. The molecule has 1 nitrogen and oxygen atoms in total. The van der Waals surface area contributed by atoms with Crippen LogP contribution in [0.25, 0.3) is 0 Å². The number of nitrogens with zero attached hydrogens (tertiary/aromatic N) is 1. The Bertz CT molecular complexity index is 297. The van der Waals surface area contributed by atoms with Gasteiger partial charge in [-0.25, -0.2) is 4.98 Å². The van der Waals surface area contributed by atoms with E-state index in [1.54, 1.807) is 0 Å². The van der Waals surface area contributed by atoms with E-state index in [0.717, 1.165) is 18.3 Å². The highest BCUT2D eigenvalue weighted by molar-refractivity contribution is 7.11. The first-order chi connectivity index (χ1) is 6.16. The second-order valence-electron chi connectivity index (χ2n) is 4.42. The van der Waals surface area contributed by atoms with Gasteiger partial charge in [-0.1, -0.05) is 13.8 Å². The molecule has 0 atom stereocenters. The Kier molecular flexibility index (Phi) is 2.41. The first-order valence-electron chi connectivity index (χ1n) is 5.13. The lowest BCUT2D eigenvalue weighted by atomic mass is 10.1. The van der Waals surface area contributed by atoms with Gasteiger partial charge in [0.1, 0.15) is 0 Å². The molecule has 0 radical (unpaired) electrons. The molecule has 0 aliphatic heterocycles. The number of aromatic nitrogens is 1. The zero-order valence-electron chi connectivity index (χ0n) is 8.63. The van der Waals surface area contributed by atoms with E-state index in [1.165, 1.54) is 28.4 Å². The van der Waals surface area contributed by atoms with Gasteiger partial charge in [0.15, 0.2) is 0 Å². The van der Waals surface area contributed by atoms with Crippen molar-refractivity contribution in [2.45, 2.75) is 46.0 Å². The summed E-state index contributed by atoms with van der Waals surface area (Å²) >= 11 is 1.90. The third-order valence-corrected chi connectivity index (χ3v) is 3.43. The summed E-state index contributed by atoms with van der Waals surface area (Å²) in [7, 11) is 0. The third-order valence-electron chi connectivity index (χ3n) is 2.42. The Hall–Kier alpha value is -0.370. The highest BCUT2D eigenvalue weighted by Gasteiger charge is 2.28. The summed E-state index contributed by atoms with van der Waals surface area (Å²) in [5.74, 6) is 1.55. The SMILES string of the molecule is Cc1sc(CC(C)C)nc1C1CC1. The lowest BCUT2D eigenvalue weighted by molar-refractivity contribution is 0.643. The molecule has 1 aliphatic rings. The Balaban J connectivity index is 2.14. The monoisotopic (exact) mass is 195 g/mol. The number of rotatable bonds is 3. The summed E-state index contributed by atoms with van der Waals surface area (Å²) in [6, 6.07) is 0. The van der Waals surface area contributed by atoms with Gasteiger partial charge in [-0.15, -0.1) is 11.3 Å². The van der Waals surface area contributed by atoms with Gasteiger partial charge in [0.2, 0.25) is 0 Å². The molecule has 1 aromatic heterocycles. The van der Waals surface area contributed by atoms with Crippen LogP contribution < -0.4 is 0 Å². The molecule has 1 aliphatic carbocycles. The first-order valence-corrected chi connectivity index (χ1v) is 5.94. The van der Waals surface area contributed by atoms with Gasteiger partial charge in [0, 0.05) is 17.2 Å². The number of hydrogen-bond donors (Lipinski definition) is 0. The molecule has 1 saturated carbocycles. The molecule has 0 N–H and O–H groups in total. The predicted octanol–water partition coefficient (Wildman–Crippen LogP) is 3.53. The van der Waals surface area contributed by atoms with Gasteiger partial charge in [-0.05, 0) is 25.7 Å². The fourth-order valence-corrected chi connectivity index (χ4v) is 2.87. The minimum absolute atomic E-state index is 0.734. The lowest BCUT2D eigenvalue weighted by Gasteiger charge is -1.98. The summed E-state index contributed by atoms with van der Waals surface area (Å²) in [4.78, 5) is 6.19. The molecule has 1 aromatic rings. The van der Waals surface area contributed by atoms with Gasteiger partial charge >= 0.3 is 0 Å². The van der Waals surface area contributed by atoms with Gasteiger partial charge < -0.3 is 0 Å². The van der Waals surface area contributed by atoms with Crippen LogP contribution in [0.15, 0.2) is 0 Å². The molecule has 1 heterocycles. The van der Waals surface area contributed by atoms with Gasteiger partial charge in [-0.2, -0.15) is 0 Å². The quantitative estimate of drug-likeness (QED) is 0.719. The van der Waals surface area contributed by atoms with Crippen LogP contribution in [-0.4, -0.2) is 4.98 Å². The molecule has 1 fully saturated rings. The topological polar surface area (TPSA) is 12.9 Å². The summed E-state index contributed by atoms with van der Waals surface area (Å²) in [6.07, 6.45) is 3.88. The smallest absolute Gasteiger partial charge is 0.0933 e. The van der Waals surface area contributed by atoms with Crippen molar-refractivity contribution in [2.24, 2.45) is 5.92 Å². The zero-order chi connectivity index (χ0) is 9.42. The number of hydrogen-bond acceptors (Lipinski definition) is 2. The highest BCUT2D eigenvalue weighted by Crippen LogP contribution is 2.42. The van der Waals surface area contributed by atoms with Crippen LogP contribution in [0.1, 0.15) is 48.2 Å². The molecule has 0 spiro atoms. The van der Waals surface area contributed by atoms with Crippen LogP contribution in [-0.2, 0) is 6.42 Å². The van der Waals surface area contributed by atoms with Gasteiger partial charge in [0.25, 0.3) is 0 Å². The number of thiazole rings is 1. The average Bonchev–Trinajstić information content (AvgIpc) is 2.77. The van der Waals surface area contributed by atoms with Crippen LogP contribution in [0.3, 0.4) is 0 Å². The van der Waals surface area contributed by atoms with Crippen molar-refractivity contribution < 1.29 is 0 Å². The molecule has 72 valence electrons. The van der Waals surface area contributed by atoms with E-state index in [9.17, 15) is 0 Å². The second kappa shape index (κ2) is 3.41. The molecule has 13 heavy (non-hydrogen) atoms. The lowest BCUT2D eigenvalue weighted by Crippen LogP contribution is -1.93. The second-order valence-corrected chi connectivity index (χ2v) is 5.71. The van der Waals surface area contributed by atoms with E-state index in [1.807, 2.05) is 11.3 Å². The molecular weight excluding hydrogens is 178 g/mol. The summed E-state index contributed by atoms with van der Waals surface area (Å²) in [5.41, 5.74) is 1.40. The van der Waals surface area contributed by atoms with Gasteiger partial charge in [-0.3, -0.25) is 0 Å². The maximum absolute atomic E-state index is 4.73. The Morgan fingerprint density at radius 1 is 1.46 bits per heavy atom. The maximum Gasteiger partial charge on any atom is 0.0933 e. The predicted molar refractivity (Wildman–Crippen MR) is 57.4 cm³/mol. The highest BCUT2D eigenvalue weighted by atomic mass is 32.1. The zero-order valence-corrected chi connectivity index (χ0v) is 9.45. The summed E-state index contributed by atoms with van der Waals surface area (Å²) < 4.78 is 0. The van der Waals surface area contributed by atoms with E-state index in [0.29, 0.717) is 0 Å². The molecule has 0 aromatic carbocycles.